The molecule has 0 aromatic heterocycles. The van der Waals surface area contributed by atoms with Crippen LogP contribution in [0.25, 0.3) is 0 Å². The number of hydrogen-bond acceptors (Lipinski definition) is 2. The highest BCUT2D eigenvalue weighted by Gasteiger charge is 2.13. The molecule has 76 valence electrons. The van der Waals surface area contributed by atoms with Crippen LogP contribution in [0, 0.1) is 0 Å². The third-order valence-electron chi connectivity index (χ3n) is 2.89. The number of rotatable bonds is 3. The lowest BCUT2D eigenvalue weighted by Gasteiger charge is -2.13. The molecular formula is C12H18N2. The van der Waals surface area contributed by atoms with E-state index in [1.807, 2.05) is 0 Å². The zero-order chi connectivity index (χ0) is 9.80. The van der Waals surface area contributed by atoms with E-state index in [0.717, 1.165) is 0 Å². The minimum absolute atomic E-state index is 0.625. The summed E-state index contributed by atoms with van der Waals surface area (Å²) in [5.74, 6) is 0. The minimum Gasteiger partial charge on any atom is -0.382 e. The summed E-state index contributed by atoms with van der Waals surface area (Å²) in [5.41, 5.74) is 8.02. The molecule has 2 heteroatoms. The predicted octanol–water partition coefficient (Wildman–Crippen LogP) is 2.50. The van der Waals surface area contributed by atoms with Crippen molar-refractivity contribution in [3.8, 4) is 0 Å². The van der Waals surface area contributed by atoms with Gasteiger partial charge in [0.1, 0.15) is 0 Å². The van der Waals surface area contributed by atoms with Crippen LogP contribution in [0.4, 0.5) is 5.69 Å². The SMILES string of the molecule is NCc1cccc(NC2CCCC2)c1. The number of nitrogens with one attached hydrogen (secondary N) is 1. The Balaban J connectivity index is 2.00. The molecule has 0 heterocycles. The van der Waals surface area contributed by atoms with Crippen molar-refractivity contribution in [2.45, 2.75) is 38.3 Å². The predicted molar refractivity (Wildman–Crippen MR) is 60.2 cm³/mol. The van der Waals surface area contributed by atoms with E-state index in [0.29, 0.717) is 12.6 Å². The summed E-state index contributed by atoms with van der Waals surface area (Å²) in [6.07, 6.45) is 5.36. The van der Waals surface area contributed by atoms with Crippen LogP contribution in [-0.2, 0) is 6.54 Å². The Kier molecular flexibility index (Phi) is 3.04. The number of hydrogen-bond donors (Lipinski definition) is 2. The second kappa shape index (κ2) is 4.47. The fourth-order valence-corrected chi connectivity index (χ4v) is 2.09. The van der Waals surface area contributed by atoms with Crippen LogP contribution in [0.3, 0.4) is 0 Å². The van der Waals surface area contributed by atoms with Gasteiger partial charge in [0.15, 0.2) is 0 Å². The second-order valence-corrected chi connectivity index (χ2v) is 4.03. The standard InChI is InChI=1S/C12H18N2/c13-9-10-4-3-7-12(8-10)14-11-5-1-2-6-11/h3-4,7-8,11,14H,1-2,5-6,9,13H2. The summed E-state index contributed by atoms with van der Waals surface area (Å²) >= 11 is 0. The van der Waals surface area contributed by atoms with Gasteiger partial charge in [-0.25, -0.2) is 0 Å². The molecule has 0 saturated heterocycles. The first kappa shape index (κ1) is 9.53. The smallest absolute Gasteiger partial charge is 0.0345 e. The van der Waals surface area contributed by atoms with Crippen LogP contribution in [0.2, 0.25) is 0 Å². The third kappa shape index (κ3) is 2.26. The maximum absolute atomic E-state index is 5.60. The summed E-state index contributed by atoms with van der Waals surface area (Å²) in [5, 5.41) is 3.56. The lowest BCUT2D eigenvalue weighted by atomic mass is 10.1. The van der Waals surface area contributed by atoms with Crippen LogP contribution in [0.1, 0.15) is 31.2 Å². The summed E-state index contributed by atoms with van der Waals surface area (Å²) in [6.45, 7) is 0.625. The molecule has 2 rings (SSSR count). The highest BCUT2D eigenvalue weighted by atomic mass is 14.9. The zero-order valence-corrected chi connectivity index (χ0v) is 8.50. The molecule has 0 amide bonds. The lowest BCUT2D eigenvalue weighted by molar-refractivity contribution is 0.755. The van der Waals surface area contributed by atoms with E-state index in [1.54, 1.807) is 0 Å². The van der Waals surface area contributed by atoms with Crippen molar-refractivity contribution in [1.82, 2.24) is 0 Å². The normalized spacial score (nSPS) is 17.2. The largest absolute Gasteiger partial charge is 0.382 e. The molecule has 1 fully saturated rings. The van der Waals surface area contributed by atoms with Gasteiger partial charge in [0.05, 0.1) is 0 Å². The van der Waals surface area contributed by atoms with E-state index < -0.39 is 0 Å². The Morgan fingerprint density at radius 3 is 2.79 bits per heavy atom. The van der Waals surface area contributed by atoms with Crippen molar-refractivity contribution < 1.29 is 0 Å². The molecule has 0 spiro atoms. The maximum Gasteiger partial charge on any atom is 0.0345 e. The van der Waals surface area contributed by atoms with Crippen molar-refractivity contribution in [2.24, 2.45) is 5.73 Å². The van der Waals surface area contributed by atoms with Crippen molar-refractivity contribution in [2.75, 3.05) is 5.32 Å². The lowest BCUT2D eigenvalue weighted by Crippen LogP contribution is -2.14. The second-order valence-electron chi connectivity index (χ2n) is 4.03. The van der Waals surface area contributed by atoms with Gasteiger partial charge >= 0.3 is 0 Å². The number of nitrogens with two attached hydrogens (primary N) is 1. The summed E-state index contributed by atoms with van der Waals surface area (Å²) in [7, 11) is 0. The van der Waals surface area contributed by atoms with Crippen LogP contribution >= 0.6 is 0 Å². The van der Waals surface area contributed by atoms with E-state index >= 15 is 0 Å². The van der Waals surface area contributed by atoms with Gasteiger partial charge in [-0.3, -0.25) is 0 Å². The van der Waals surface area contributed by atoms with Crippen LogP contribution in [-0.4, -0.2) is 6.04 Å². The van der Waals surface area contributed by atoms with Gasteiger partial charge in [0.2, 0.25) is 0 Å². The zero-order valence-electron chi connectivity index (χ0n) is 8.50. The van der Waals surface area contributed by atoms with E-state index in [-0.39, 0.29) is 0 Å². The maximum atomic E-state index is 5.60. The Bertz CT molecular complexity index is 290. The summed E-state index contributed by atoms with van der Waals surface area (Å²) in [6, 6.07) is 9.10. The molecule has 3 N–H and O–H groups in total. The Morgan fingerprint density at radius 2 is 2.07 bits per heavy atom. The van der Waals surface area contributed by atoms with Crippen LogP contribution < -0.4 is 11.1 Å². The Morgan fingerprint density at radius 1 is 1.29 bits per heavy atom. The van der Waals surface area contributed by atoms with Crippen molar-refractivity contribution in [3.05, 3.63) is 29.8 Å². The minimum atomic E-state index is 0.625. The molecule has 1 saturated carbocycles. The molecule has 1 aromatic carbocycles. The Labute approximate surface area is 85.5 Å². The first-order valence-corrected chi connectivity index (χ1v) is 5.44. The van der Waals surface area contributed by atoms with Gasteiger partial charge in [0, 0.05) is 18.3 Å². The third-order valence-corrected chi connectivity index (χ3v) is 2.89. The van der Waals surface area contributed by atoms with Crippen LogP contribution in [0.5, 0.6) is 0 Å². The highest BCUT2D eigenvalue weighted by Crippen LogP contribution is 2.22. The van der Waals surface area contributed by atoms with E-state index in [4.69, 9.17) is 5.73 Å². The number of benzene rings is 1. The molecule has 1 aromatic rings. The first-order valence-electron chi connectivity index (χ1n) is 5.44. The average molecular weight is 190 g/mol. The van der Waals surface area contributed by atoms with Crippen molar-refractivity contribution in [1.29, 1.82) is 0 Å². The molecule has 0 bridgehead atoms. The molecule has 0 unspecified atom stereocenters. The molecule has 0 radical (unpaired) electrons. The molecule has 0 aliphatic heterocycles. The molecular weight excluding hydrogens is 172 g/mol. The van der Waals surface area contributed by atoms with Gasteiger partial charge in [-0.15, -0.1) is 0 Å². The van der Waals surface area contributed by atoms with Crippen LogP contribution in [0.15, 0.2) is 24.3 Å². The quantitative estimate of drug-likeness (QED) is 0.768. The van der Waals surface area contributed by atoms with Crippen molar-refractivity contribution in [3.63, 3.8) is 0 Å². The molecule has 2 nitrogen and oxygen atoms in total. The Hall–Kier alpha value is -1.02. The van der Waals surface area contributed by atoms with E-state index in [9.17, 15) is 0 Å². The van der Waals surface area contributed by atoms with Gasteiger partial charge in [0.25, 0.3) is 0 Å². The fourth-order valence-electron chi connectivity index (χ4n) is 2.09. The summed E-state index contributed by atoms with van der Waals surface area (Å²) < 4.78 is 0. The van der Waals surface area contributed by atoms with E-state index in [1.165, 1.54) is 36.9 Å². The molecule has 1 aliphatic rings. The van der Waals surface area contributed by atoms with Crippen molar-refractivity contribution >= 4 is 5.69 Å². The molecule has 1 aliphatic carbocycles. The molecule has 0 atom stereocenters. The first-order chi connectivity index (χ1) is 6.88. The van der Waals surface area contributed by atoms with Gasteiger partial charge < -0.3 is 11.1 Å². The average Bonchev–Trinajstić information content (AvgIpc) is 2.71. The van der Waals surface area contributed by atoms with Gasteiger partial charge in [-0.1, -0.05) is 25.0 Å². The fraction of sp³-hybridized carbons (Fsp3) is 0.500. The monoisotopic (exact) mass is 190 g/mol. The van der Waals surface area contributed by atoms with Gasteiger partial charge in [-0.2, -0.15) is 0 Å². The summed E-state index contributed by atoms with van der Waals surface area (Å²) in [4.78, 5) is 0. The molecule has 14 heavy (non-hydrogen) atoms. The number of anilines is 1. The highest BCUT2D eigenvalue weighted by molar-refractivity contribution is 5.46. The topological polar surface area (TPSA) is 38.0 Å². The van der Waals surface area contributed by atoms with Gasteiger partial charge in [-0.05, 0) is 30.5 Å². The van der Waals surface area contributed by atoms with E-state index in [2.05, 4.69) is 29.6 Å².